The van der Waals surface area contributed by atoms with Gasteiger partial charge in [0.05, 0.1) is 0 Å². The summed E-state index contributed by atoms with van der Waals surface area (Å²) < 4.78 is 2.09. The third-order valence-electron chi connectivity index (χ3n) is 2.79. The van der Waals surface area contributed by atoms with Crippen molar-refractivity contribution in [3.63, 3.8) is 0 Å². The standard InChI is InChI=1S/C12H23N3O/c1-4-15-8-7-13-11(15)14-10-12(2,3)6-5-9-16/h7-8,16H,4-6,9-10H2,1-3H3,(H,13,14). The molecule has 1 rings (SSSR count). The summed E-state index contributed by atoms with van der Waals surface area (Å²) in [7, 11) is 0. The molecule has 2 N–H and O–H groups in total. The Morgan fingerprint density at radius 2 is 2.25 bits per heavy atom. The molecule has 0 fully saturated rings. The topological polar surface area (TPSA) is 50.1 Å². The summed E-state index contributed by atoms with van der Waals surface area (Å²) in [6.45, 7) is 8.59. The molecule has 4 nitrogen and oxygen atoms in total. The lowest BCUT2D eigenvalue weighted by molar-refractivity contribution is 0.247. The lowest BCUT2D eigenvalue weighted by Crippen LogP contribution is -2.24. The minimum Gasteiger partial charge on any atom is -0.396 e. The second-order valence-corrected chi connectivity index (χ2v) is 4.88. The van der Waals surface area contributed by atoms with E-state index >= 15 is 0 Å². The molecular weight excluding hydrogens is 202 g/mol. The number of aromatic nitrogens is 2. The molecule has 0 atom stereocenters. The number of hydrogen-bond acceptors (Lipinski definition) is 3. The molecule has 0 saturated heterocycles. The quantitative estimate of drug-likeness (QED) is 0.747. The number of rotatable bonds is 7. The van der Waals surface area contributed by atoms with Crippen LogP contribution in [0.15, 0.2) is 12.4 Å². The van der Waals surface area contributed by atoms with Crippen LogP contribution in [-0.2, 0) is 6.54 Å². The summed E-state index contributed by atoms with van der Waals surface area (Å²) in [5, 5.41) is 12.2. The van der Waals surface area contributed by atoms with Gasteiger partial charge in [-0.3, -0.25) is 0 Å². The molecule has 0 spiro atoms. The molecule has 0 amide bonds. The SMILES string of the molecule is CCn1ccnc1NCC(C)(C)CCCO. The van der Waals surface area contributed by atoms with Crippen LogP contribution in [0.1, 0.15) is 33.6 Å². The molecule has 1 aromatic heterocycles. The summed E-state index contributed by atoms with van der Waals surface area (Å²) in [4.78, 5) is 4.27. The Balaban J connectivity index is 2.44. The Hall–Kier alpha value is -1.03. The number of nitrogens with zero attached hydrogens (tertiary/aromatic N) is 2. The first-order valence-corrected chi connectivity index (χ1v) is 5.95. The Morgan fingerprint density at radius 3 is 2.88 bits per heavy atom. The van der Waals surface area contributed by atoms with Gasteiger partial charge in [0.2, 0.25) is 5.95 Å². The van der Waals surface area contributed by atoms with Gasteiger partial charge in [-0.15, -0.1) is 0 Å². The summed E-state index contributed by atoms with van der Waals surface area (Å²) in [6, 6.07) is 0. The largest absolute Gasteiger partial charge is 0.396 e. The fraction of sp³-hybridized carbons (Fsp3) is 0.750. The molecule has 0 aliphatic carbocycles. The predicted molar refractivity (Wildman–Crippen MR) is 66.5 cm³/mol. The Labute approximate surface area is 97.7 Å². The van der Waals surface area contributed by atoms with Crippen molar-refractivity contribution in [2.45, 2.75) is 40.2 Å². The minimum absolute atomic E-state index is 0.188. The molecule has 0 radical (unpaired) electrons. The summed E-state index contributed by atoms with van der Waals surface area (Å²) >= 11 is 0. The van der Waals surface area contributed by atoms with E-state index in [2.05, 4.69) is 35.6 Å². The molecule has 92 valence electrons. The first-order valence-electron chi connectivity index (χ1n) is 5.95. The molecule has 1 heterocycles. The Bertz CT molecular complexity index is 307. The van der Waals surface area contributed by atoms with E-state index in [1.807, 2.05) is 12.4 Å². The molecule has 0 aliphatic heterocycles. The van der Waals surface area contributed by atoms with Crippen LogP contribution in [0, 0.1) is 5.41 Å². The van der Waals surface area contributed by atoms with Crippen molar-refractivity contribution in [2.75, 3.05) is 18.5 Å². The van der Waals surface area contributed by atoms with Crippen molar-refractivity contribution in [1.82, 2.24) is 9.55 Å². The number of nitrogens with one attached hydrogen (secondary N) is 1. The van der Waals surface area contributed by atoms with Crippen LogP contribution in [0.2, 0.25) is 0 Å². The second-order valence-electron chi connectivity index (χ2n) is 4.88. The highest BCUT2D eigenvalue weighted by atomic mass is 16.2. The van der Waals surface area contributed by atoms with Gasteiger partial charge in [0, 0.05) is 32.1 Å². The average molecular weight is 225 g/mol. The molecule has 16 heavy (non-hydrogen) atoms. The molecule has 0 unspecified atom stereocenters. The van der Waals surface area contributed by atoms with Gasteiger partial charge in [-0.25, -0.2) is 4.98 Å². The lowest BCUT2D eigenvalue weighted by Gasteiger charge is -2.25. The van der Waals surface area contributed by atoms with Crippen molar-refractivity contribution in [3.8, 4) is 0 Å². The fourth-order valence-electron chi connectivity index (χ4n) is 1.70. The first-order chi connectivity index (χ1) is 7.59. The number of anilines is 1. The van der Waals surface area contributed by atoms with E-state index < -0.39 is 0 Å². The van der Waals surface area contributed by atoms with Gasteiger partial charge in [0.25, 0.3) is 0 Å². The fourth-order valence-corrected chi connectivity index (χ4v) is 1.70. The molecule has 0 saturated carbocycles. The highest BCUT2D eigenvalue weighted by molar-refractivity contribution is 5.26. The number of hydrogen-bond donors (Lipinski definition) is 2. The van der Waals surface area contributed by atoms with Crippen molar-refractivity contribution >= 4 is 5.95 Å². The van der Waals surface area contributed by atoms with E-state index in [1.54, 1.807) is 0 Å². The summed E-state index contributed by atoms with van der Waals surface area (Å²) in [6.07, 6.45) is 5.66. The van der Waals surface area contributed by atoms with E-state index in [1.165, 1.54) is 0 Å². The van der Waals surface area contributed by atoms with Crippen LogP contribution in [0.25, 0.3) is 0 Å². The van der Waals surface area contributed by atoms with Gasteiger partial charge in [0.1, 0.15) is 0 Å². The van der Waals surface area contributed by atoms with Gasteiger partial charge >= 0.3 is 0 Å². The van der Waals surface area contributed by atoms with E-state index in [0.717, 1.165) is 31.9 Å². The Kier molecular flexibility index (Phi) is 4.80. The smallest absolute Gasteiger partial charge is 0.202 e. The van der Waals surface area contributed by atoms with Gasteiger partial charge < -0.3 is 15.0 Å². The maximum Gasteiger partial charge on any atom is 0.202 e. The highest BCUT2D eigenvalue weighted by Crippen LogP contribution is 2.22. The van der Waals surface area contributed by atoms with Gasteiger partial charge in [-0.05, 0) is 25.2 Å². The second kappa shape index (κ2) is 5.89. The zero-order valence-electron chi connectivity index (χ0n) is 10.5. The molecule has 4 heteroatoms. The van der Waals surface area contributed by atoms with Crippen LogP contribution >= 0.6 is 0 Å². The number of imidazole rings is 1. The molecule has 0 bridgehead atoms. The van der Waals surface area contributed by atoms with E-state index in [9.17, 15) is 0 Å². The van der Waals surface area contributed by atoms with Gasteiger partial charge in [0.15, 0.2) is 0 Å². The Morgan fingerprint density at radius 1 is 1.50 bits per heavy atom. The molecular formula is C12H23N3O. The molecule has 0 aliphatic rings. The van der Waals surface area contributed by atoms with Crippen molar-refractivity contribution < 1.29 is 5.11 Å². The average Bonchev–Trinajstić information content (AvgIpc) is 2.71. The monoisotopic (exact) mass is 225 g/mol. The van der Waals surface area contributed by atoms with Crippen LogP contribution in [0.3, 0.4) is 0 Å². The third kappa shape index (κ3) is 3.85. The third-order valence-corrected chi connectivity index (χ3v) is 2.79. The van der Waals surface area contributed by atoms with Crippen molar-refractivity contribution in [2.24, 2.45) is 5.41 Å². The summed E-state index contributed by atoms with van der Waals surface area (Å²) in [5.74, 6) is 0.930. The van der Waals surface area contributed by atoms with E-state index in [0.29, 0.717) is 0 Å². The normalized spacial score (nSPS) is 11.8. The van der Waals surface area contributed by atoms with Gasteiger partial charge in [-0.2, -0.15) is 0 Å². The van der Waals surface area contributed by atoms with Crippen LogP contribution in [-0.4, -0.2) is 27.8 Å². The van der Waals surface area contributed by atoms with Gasteiger partial charge in [-0.1, -0.05) is 13.8 Å². The van der Waals surface area contributed by atoms with Crippen molar-refractivity contribution in [1.29, 1.82) is 0 Å². The lowest BCUT2D eigenvalue weighted by atomic mass is 9.88. The van der Waals surface area contributed by atoms with E-state index in [4.69, 9.17) is 5.11 Å². The van der Waals surface area contributed by atoms with Crippen LogP contribution in [0.4, 0.5) is 5.95 Å². The highest BCUT2D eigenvalue weighted by Gasteiger charge is 2.17. The number of aliphatic hydroxyl groups excluding tert-OH is 1. The number of aryl methyl sites for hydroxylation is 1. The maximum absolute atomic E-state index is 8.83. The van der Waals surface area contributed by atoms with E-state index in [-0.39, 0.29) is 12.0 Å². The maximum atomic E-state index is 8.83. The molecule has 0 aromatic carbocycles. The number of aliphatic hydroxyl groups is 1. The van der Waals surface area contributed by atoms with Crippen molar-refractivity contribution in [3.05, 3.63) is 12.4 Å². The zero-order valence-corrected chi connectivity index (χ0v) is 10.5. The molecule has 1 aromatic rings. The summed E-state index contributed by atoms with van der Waals surface area (Å²) in [5.41, 5.74) is 0.188. The van der Waals surface area contributed by atoms with Crippen LogP contribution in [0.5, 0.6) is 0 Å². The zero-order chi connectivity index (χ0) is 12.0. The minimum atomic E-state index is 0.188. The predicted octanol–water partition coefficient (Wildman–Crippen LogP) is 2.11. The first kappa shape index (κ1) is 13.0. The van der Waals surface area contributed by atoms with Crippen LogP contribution < -0.4 is 5.32 Å².